The molecule has 7 nitrogen and oxygen atoms in total. The molecule has 3 aromatic carbocycles. The predicted octanol–water partition coefficient (Wildman–Crippen LogP) is 5.86. The van der Waals surface area contributed by atoms with Gasteiger partial charge < -0.3 is 10.2 Å². The van der Waals surface area contributed by atoms with E-state index in [1.807, 2.05) is 93.6 Å². The van der Waals surface area contributed by atoms with Gasteiger partial charge in [-0.25, -0.2) is 8.42 Å². The van der Waals surface area contributed by atoms with E-state index in [2.05, 4.69) is 21.2 Å². The first-order chi connectivity index (χ1) is 19.5. The van der Waals surface area contributed by atoms with Gasteiger partial charge in [-0.2, -0.15) is 0 Å². The molecular formula is C32H40BrN3O4S. The molecule has 0 heterocycles. The molecule has 0 aliphatic heterocycles. The van der Waals surface area contributed by atoms with E-state index in [1.165, 1.54) is 10.6 Å². The Kier molecular flexibility index (Phi) is 12.0. The van der Waals surface area contributed by atoms with Crippen LogP contribution < -0.4 is 9.62 Å². The molecule has 9 heteroatoms. The van der Waals surface area contributed by atoms with E-state index in [-0.39, 0.29) is 37.4 Å². The van der Waals surface area contributed by atoms with Crippen LogP contribution in [0.1, 0.15) is 49.8 Å². The standard InChI is InChI=1S/C32H40BrN3O4S/c1-5-25(3)34-32(38)30(22-26-12-7-6-8-13-26)35(23-27-16-18-28(33)19-17-27)31(37)15-10-20-36(41(4,39)40)29-14-9-11-24(2)21-29/h6-9,11-14,16-19,21,25,30H,5,10,15,20,22-23H2,1-4H3,(H,34,38)/t25-,30-/m0/s1. The van der Waals surface area contributed by atoms with Crippen LogP contribution >= 0.6 is 15.9 Å². The van der Waals surface area contributed by atoms with E-state index in [0.717, 1.165) is 27.6 Å². The fourth-order valence-corrected chi connectivity index (χ4v) is 5.79. The minimum absolute atomic E-state index is 0.0388. The first-order valence-electron chi connectivity index (χ1n) is 13.9. The maximum Gasteiger partial charge on any atom is 0.243 e. The molecule has 2 atom stereocenters. The molecule has 0 aromatic heterocycles. The second-order valence-corrected chi connectivity index (χ2v) is 13.3. The Morgan fingerprint density at radius 2 is 1.63 bits per heavy atom. The van der Waals surface area contributed by atoms with Crippen LogP contribution in [0.25, 0.3) is 0 Å². The van der Waals surface area contributed by atoms with Crippen LogP contribution in [-0.4, -0.2) is 50.0 Å². The van der Waals surface area contributed by atoms with Crippen molar-refractivity contribution in [2.24, 2.45) is 0 Å². The first kappa shape index (κ1) is 32.3. The third-order valence-electron chi connectivity index (χ3n) is 6.98. The third kappa shape index (κ3) is 10.0. The van der Waals surface area contributed by atoms with Crippen molar-refractivity contribution in [2.45, 2.75) is 65.1 Å². The number of halogens is 1. The quantitative estimate of drug-likeness (QED) is 0.239. The molecule has 0 saturated heterocycles. The average molecular weight is 643 g/mol. The minimum Gasteiger partial charge on any atom is -0.352 e. The zero-order chi connectivity index (χ0) is 30.0. The zero-order valence-corrected chi connectivity index (χ0v) is 26.6. The van der Waals surface area contributed by atoms with Crippen molar-refractivity contribution in [3.8, 4) is 0 Å². The number of aryl methyl sites for hydroxylation is 1. The molecule has 3 aromatic rings. The molecule has 0 fully saturated rings. The van der Waals surface area contributed by atoms with Gasteiger partial charge in [0.25, 0.3) is 0 Å². The van der Waals surface area contributed by atoms with Gasteiger partial charge in [-0.15, -0.1) is 0 Å². The summed E-state index contributed by atoms with van der Waals surface area (Å²) >= 11 is 3.46. The summed E-state index contributed by atoms with van der Waals surface area (Å²) in [5.74, 6) is -0.406. The van der Waals surface area contributed by atoms with E-state index < -0.39 is 16.1 Å². The lowest BCUT2D eigenvalue weighted by molar-refractivity contribution is -0.141. The second-order valence-electron chi connectivity index (χ2n) is 10.4. The fourth-order valence-electron chi connectivity index (χ4n) is 4.57. The maximum absolute atomic E-state index is 13.9. The Balaban J connectivity index is 1.89. The summed E-state index contributed by atoms with van der Waals surface area (Å²) in [6.07, 6.45) is 2.71. The number of anilines is 1. The molecule has 0 aliphatic rings. The van der Waals surface area contributed by atoms with E-state index in [9.17, 15) is 18.0 Å². The van der Waals surface area contributed by atoms with E-state index in [1.54, 1.807) is 11.0 Å². The van der Waals surface area contributed by atoms with E-state index in [0.29, 0.717) is 18.5 Å². The van der Waals surface area contributed by atoms with Crippen molar-refractivity contribution in [2.75, 3.05) is 17.1 Å². The molecule has 0 aliphatic carbocycles. The van der Waals surface area contributed by atoms with Crippen molar-refractivity contribution in [3.05, 3.63) is 100 Å². The van der Waals surface area contributed by atoms with Gasteiger partial charge in [0.1, 0.15) is 6.04 Å². The zero-order valence-electron chi connectivity index (χ0n) is 24.2. The van der Waals surface area contributed by atoms with Crippen LogP contribution in [-0.2, 0) is 32.6 Å². The van der Waals surface area contributed by atoms with Gasteiger partial charge in [0, 0.05) is 36.4 Å². The number of carbonyl (C=O) groups is 2. The van der Waals surface area contributed by atoms with Gasteiger partial charge in [-0.05, 0) is 67.6 Å². The summed E-state index contributed by atoms with van der Waals surface area (Å²) in [6, 6.07) is 23.9. The fraction of sp³-hybridized carbons (Fsp3) is 0.375. The van der Waals surface area contributed by atoms with E-state index in [4.69, 9.17) is 0 Å². The summed E-state index contributed by atoms with van der Waals surface area (Å²) in [5.41, 5.74) is 3.37. The lowest BCUT2D eigenvalue weighted by Gasteiger charge is -2.32. The molecule has 0 unspecified atom stereocenters. The van der Waals surface area contributed by atoms with E-state index >= 15 is 0 Å². The van der Waals surface area contributed by atoms with Crippen molar-refractivity contribution < 1.29 is 18.0 Å². The molecule has 220 valence electrons. The van der Waals surface area contributed by atoms with Crippen molar-refractivity contribution in [3.63, 3.8) is 0 Å². The molecule has 0 radical (unpaired) electrons. The monoisotopic (exact) mass is 641 g/mol. The molecular weight excluding hydrogens is 602 g/mol. The molecule has 0 saturated carbocycles. The molecule has 41 heavy (non-hydrogen) atoms. The highest BCUT2D eigenvalue weighted by Crippen LogP contribution is 2.22. The van der Waals surface area contributed by atoms with Crippen molar-refractivity contribution in [1.29, 1.82) is 0 Å². The highest BCUT2D eigenvalue weighted by Gasteiger charge is 2.31. The molecule has 2 amide bonds. The van der Waals surface area contributed by atoms with Crippen LogP contribution in [0.4, 0.5) is 5.69 Å². The predicted molar refractivity (Wildman–Crippen MR) is 169 cm³/mol. The van der Waals surface area contributed by atoms with Crippen LogP contribution in [0.5, 0.6) is 0 Å². The summed E-state index contributed by atoms with van der Waals surface area (Å²) in [4.78, 5) is 29.2. The number of rotatable bonds is 14. The molecule has 1 N–H and O–H groups in total. The average Bonchev–Trinajstić information content (AvgIpc) is 2.93. The maximum atomic E-state index is 13.9. The highest BCUT2D eigenvalue weighted by atomic mass is 79.9. The summed E-state index contributed by atoms with van der Waals surface area (Å²) in [5, 5.41) is 3.07. The Bertz CT molecular complexity index is 1400. The number of sulfonamides is 1. The highest BCUT2D eigenvalue weighted by molar-refractivity contribution is 9.10. The SMILES string of the molecule is CC[C@H](C)NC(=O)[C@H](Cc1ccccc1)N(Cc1ccc(Br)cc1)C(=O)CCCN(c1cccc(C)c1)S(C)(=O)=O. The number of carbonyl (C=O) groups excluding carboxylic acids is 2. The number of nitrogens with one attached hydrogen (secondary N) is 1. The Morgan fingerprint density at radius 3 is 2.24 bits per heavy atom. The van der Waals surface area contributed by atoms with Gasteiger partial charge in [0.05, 0.1) is 11.9 Å². The largest absolute Gasteiger partial charge is 0.352 e. The third-order valence-corrected chi connectivity index (χ3v) is 8.70. The van der Waals surface area contributed by atoms with Crippen LogP contribution in [0.2, 0.25) is 0 Å². The van der Waals surface area contributed by atoms with Gasteiger partial charge >= 0.3 is 0 Å². The number of hydrogen-bond acceptors (Lipinski definition) is 4. The van der Waals surface area contributed by atoms with Crippen LogP contribution in [0.3, 0.4) is 0 Å². The summed E-state index contributed by atoms with van der Waals surface area (Å²) in [7, 11) is -3.55. The summed E-state index contributed by atoms with van der Waals surface area (Å²) < 4.78 is 27.5. The van der Waals surface area contributed by atoms with Gasteiger partial charge in [0.2, 0.25) is 21.8 Å². The second kappa shape index (κ2) is 15.2. The normalized spacial score (nSPS) is 12.8. The number of hydrogen-bond donors (Lipinski definition) is 1. The minimum atomic E-state index is -3.55. The first-order valence-corrected chi connectivity index (χ1v) is 16.5. The van der Waals surface area contributed by atoms with Crippen LogP contribution in [0, 0.1) is 6.92 Å². The van der Waals surface area contributed by atoms with Gasteiger partial charge in [-0.3, -0.25) is 13.9 Å². The van der Waals surface area contributed by atoms with Crippen LogP contribution in [0.15, 0.2) is 83.3 Å². The lowest BCUT2D eigenvalue weighted by atomic mass is 10.0. The number of benzene rings is 3. The van der Waals surface area contributed by atoms with Crippen molar-refractivity contribution in [1.82, 2.24) is 10.2 Å². The molecule has 0 bridgehead atoms. The molecule has 0 spiro atoms. The smallest absolute Gasteiger partial charge is 0.243 e. The summed E-state index contributed by atoms with van der Waals surface area (Å²) in [6.45, 7) is 6.27. The Labute approximate surface area is 253 Å². The van der Waals surface area contributed by atoms with Gasteiger partial charge in [-0.1, -0.05) is 77.5 Å². The number of amides is 2. The number of nitrogens with zero attached hydrogens (tertiary/aromatic N) is 2. The van der Waals surface area contributed by atoms with Crippen molar-refractivity contribution >= 4 is 43.5 Å². The topological polar surface area (TPSA) is 86.8 Å². The molecule has 3 rings (SSSR count). The van der Waals surface area contributed by atoms with Gasteiger partial charge in [0.15, 0.2) is 0 Å². The Morgan fingerprint density at radius 1 is 0.951 bits per heavy atom. The lowest BCUT2D eigenvalue weighted by Crippen LogP contribution is -2.52. The Hall–Kier alpha value is -3.17.